The van der Waals surface area contributed by atoms with Gasteiger partial charge in [0, 0.05) is 37.2 Å². The fourth-order valence-corrected chi connectivity index (χ4v) is 6.57. The smallest absolute Gasteiger partial charge is 0.249 e. The van der Waals surface area contributed by atoms with Crippen LogP contribution in [0.1, 0.15) is 45.0 Å². The quantitative estimate of drug-likeness (QED) is 0.355. The molecule has 0 aliphatic carbocycles. The lowest BCUT2D eigenvalue weighted by Gasteiger charge is -2.41. The average molecular weight is 604 g/mol. The van der Waals surface area contributed by atoms with Crippen LogP contribution in [0.4, 0.5) is 0 Å². The van der Waals surface area contributed by atoms with Gasteiger partial charge in [-0.1, -0.05) is 44.2 Å². The van der Waals surface area contributed by atoms with Crippen molar-refractivity contribution in [1.82, 2.24) is 14.9 Å². The minimum Gasteiger partial charge on any atom is -0.497 e. The second-order valence-electron chi connectivity index (χ2n) is 11.4. The number of carbonyl (C=O) groups excluding carboxylic acids is 2. The number of nitrogens with zero attached hydrogens (tertiary/aromatic N) is 1. The van der Waals surface area contributed by atoms with Gasteiger partial charge < -0.3 is 30.0 Å². The Balaban J connectivity index is 1.18. The van der Waals surface area contributed by atoms with E-state index >= 15 is 0 Å². The van der Waals surface area contributed by atoms with Crippen LogP contribution in [0.2, 0.25) is 0 Å². The third kappa shape index (κ3) is 7.87. The number of ether oxygens (including phenoxy) is 3. The maximum absolute atomic E-state index is 13.0. The summed E-state index contributed by atoms with van der Waals surface area (Å²) in [6.45, 7) is 5.25. The molecule has 4 rings (SSSR count). The largest absolute Gasteiger partial charge is 0.497 e. The molecule has 2 fully saturated rings. The first-order valence-corrected chi connectivity index (χ1v) is 15.6. The molecule has 2 aliphatic rings. The minimum atomic E-state index is -3.53. The highest BCUT2D eigenvalue weighted by atomic mass is 32.2. The Morgan fingerprint density at radius 3 is 2.38 bits per heavy atom. The maximum Gasteiger partial charge on any atom is 0.249 e. The summed E-state index contributed by atoms with van der Waals surface area (Å²) in [5, 5.41) is 15.9. The van der Waals surface area contributed by atoms with Crippen molar-refractivity contribution < 1.29 is 37.3 Å². The van der Waals surface area contributed by atoms with Gasteiger partial charge >= 0.3 is 0 Å². The normalized spacial score (nSPS) is 22.2. The van der Waals surface area contributed by atoms with E-state index in [-0.39, 0.29) is 29.7 Å². The molecular formula is C30H41N3O8S. The highest BCUT2D eigenvalue weighted by Gasteiger charge is 2.43. The van der Waals surface area contributed by atoms with Gasteiger partial charge in [-0.3, -0.25) is 9.59 Å². The topological polar surface area (TPSA) is 144 Å². The van der Waals surface area contributed by atoms with Gasteiger partial charge in [-0.05, 0) is 49.4 Å². The van der Waals surface area contributed by atoms with E-state index < -0.39 is 39.8 Å². The Morgan fingerprint density at radius 1 is 1.07 bits per heavy atom. The SMILES string of the molecule is COc1ccc([C@@H]2OCC(C)(C)C(C(=O)NCCC(O)C(=O)NCC3CCN(S(=O)(=O)c4ccccc4)CC3)O2)cc1. The van der Waals surface area contributed by atoms with E-state index in [4.69, 9.17) is 14.2 Å². The summed E-state index contributed by atoms with van der Waals surface area (Å²) in [6.07, 6.45) is -1.54. The number of aliphatic hydroxyl groups is 1. The van der Waals surface area contributed by atoms with Gasteiger partial charge in [0.15, 0.2) is 6.29 Å². The lowest BCUT2D eigenvalue weighted by atomic mass is 9.85. The van der Waals surface area contributed by atoms with E-state index in [0.717, 1.165) is 5.56 Å². The fourth-order valence-electron chi connectivity index (χ4n) is 5.08. The van der Waals surface area contributed by atoms with Gasteiger partial charge in [0.2, 0.25) is 21.8 Å². The van der Waals surface area contributed by atoms with Gasteiger partial charge in [0.05, 0.1) is 18.6 Å². The minimum absolute atomic E-state index is 0.0386. The Morgan fingerprint density at radius 2 is 1.74 bits per heavy atom. The first-order valence-electron chi connectivity index (χ1n) is 14.2. The number of aliphatic hydroxyl groups excluding tert-OH is 1. The Hall–Kier alpha value is -3.03. The lowest BCUT2D eigenvalue weighted by molar-refractivity contribution is -0.258. The van der Waals surface area contributed by atoms with E-state index in [1.807, 2.05) is 26.0 Å². The highest BCUT2D eigenvalue weighted by Crippen LogP contribution is 2.37. The molecule has 12 heteroatoms. The summed E-state index contributed by atoms with van der Waals surface area (Å²) >= 11 is 0. The van der Waals surface area contributed by atoms with Crippen LogP contribution in [-0.2, 0) is 29.1 Å². The summed E-state index contributed by atoms with van der Waals surface area (Å²) in [4.78, 5) is 25.8. The second-order valence-corrected chi connectivity index (χ2v) is 13.4. The number of rotatable bonds is 11. The summed E-state index contributed by atoms with van der Waals surface area (Å²) in [6, 6.07) is 15.6. The number of benzene rings is 2. The molecular weight excluding hydrogens is 562 g/mol. The fraction of sp³-hybridized carbons (Fsp3) is 0.533. The van der Waals surface area contributed by atoms with E-state index in [0.29, 0.717) is 44.8 Å². The zero-order chi connectivity index (χ0) is 30.3. The molecule has 0 radical (unpaired) electrons. The molecule has 2 heterocycles. The zero-order valence-corrected chi connectivity index (χ0v) is 25.1. The van der Waals surface area contributed by atoms with Crippen molar-refractivity contribution in [2.24, 2.45) is 11.3 Å². The van der Waals surface area contributed by atoms with Crippen LogP contribution in [0.5, 0.6) is 5.75 Å². The molecule has 11 nitrogen and oxygen atoms in total. The molecule has 0 aromatic heterocycles. The van der Waals surface area contributed by atoms with E-state index in [2.05, 4.69) is 10.6 Å². The lowest BCUT2D eigenvalue weighted by Crippen LogP contribution is -2.52. The summed E-state index contributed by atoms with van der Waals surface area (Å²) < 4.78 is 44.2. The van der Waals surface area contributed by atoms with Gasteiger partial charge in [0.1, 0.15) is 18.0 Å². The third-order valence-electron chi connectivity index (χ3n) is 7.74. The monoisotopic (exact) mass is 603 g/mol. The summed E-state index contributed by atoms with van der Waals surface area (Å²) in [7, 11) is -1.95. The van der Waals surface area contributed by atoms with Crippen molar-refractivity contribution in [2.75, 3.05) is 39.9 Å². The predicted molar refractivity (Wildman–Crippen MR) is 155 cm³/mol. The molecule has 0 spiro atoms. The molecule has 42 heavy (non-hydrogen) atoms. The molecule has 2 saturated heterocycles. The number of piperidine rings is 1. The standard InChI is InChI=1S/C30H41N3O8S/c1-30(2)20-40-29(22-9-11-23(39-3)12-10-22)41-26(30)28(36)31-16-13-25(34)27(35)32-19-21-14-17-33(18-15-21)42(37,38)24-7-5-4-6-8-24/h4-12,21,25-26,29,34H,13-20H2,1-3H3,(H,31,36)(H,32,35)/t25?,26?,29-/m1/s1. The van der Waals surface area contributed by atoms with E-state index in [1.165, 1.54) is 4.31 Å². The summed E-state index contributed by atoms with van der Waals surface area (Å²) in [5.41, 5.74) is 0.179. The van der Waals surface area contributed by atoms with Crippen LogP contribution in [0.3, 0.4) is 0 Å². The van der Waals surface area contributed by atoms with Gasteiger partial charge in [-0.15, -0.1) is 0 Å². The molecule has 230 valence electrons. The van der Waals surface area contributed by atoms with Crippen LogP contribution in [0.25, 0.3) is 0 Å². The van der Waals surface area contributed by atoms with Crippen LogP contribution in [0.15, 0.2) is 59.5 Å². The number of amides is 2. The van der Waals surface area contributed by atoms with E-state index in [1.54, 1.807) is 49.6 Å². The van der Waals surface area contributed by atoms with Crippen molar-refractivity contribution in [3.63, 3.8) is 0 Å². The van der Waals surface area contributed by atoms with Gasteiger partial charge in [-0.25, -0.2) is 8.42 Å². The summed E-state index contributed by atoms with van der Waals surface area (Å²) in [5.74, 6) is -0.0569. The molecule has 0 saturated carbocycles. The molecule has 0 bridgehead atoms. The highest BCUT2D eigenvalue weighted by molar-refractivity contribution is 7.89. The van der Waals surface area contributed by atoms with Crippen LogP contribution < -0.4 is 15.4 Å². The van der Waals surface area contributed by atoms with Crippen LogP contribution >= 0.6 is 0 Å². The molecule has 2 amide bonds. The van der Waals surface area contributed by atoms with Crippen molar-refractivity contribution >= 4 is 21.8 Å². The first kappa shape index (κ1) is 31.9. The van der Waals surface area contributed by atoms with Crippen molar-refractivity contribution in [3.05, 3.63) is 60.2 Å². The van der Waals surface area contributed by atoms with Crippen LogP contribution in [0, 0.1) is 11.3 Å². The predicted octanol–water partition coefficient (Wildman–Crippen LogP) is 2.22. The van der Waals surface area contributed by atoms with Crippen molar-refractivity contribution in [1.29, 1.82) is 0 Å². The van der Waals surface area contributed by atoms with Crippen molar-refractivity contribution in [3.8, 4) is 5.75 Å². The van der Waals surface area contributed by atoms with Crippen molar-refractivity contribution in [2.45, 2.75) is 56.5 Å². The second kappa shape index (κ2) is 14.0. The third-order valence-corrected chi connectivity index (χ3v) is 9.65. The molecule has 3 N–H and O–H groups in total. The molecule has 2 aliphatic heterocycles. The molecule has 2 aromatic rings. The number of hydrogen-bond donors (Lipinski definition) is 3. The van der Waals surface area contributed by atoms with Crippen LogP contribution in [-0.4, -0.2) is 81.7 Å². The number of carbonyl (C=O) groups is 2. The Labute approximate surface area is 247 Å². The van der Waals surface area contributed by atoms with E-state index in [9.17, 15) is 23.1 Å². The number of methoxy groups -OCH3 is 1. The molecule has 3 atom stereocenters. The van der Waals surface area contributed by atoms with Gasteiger partial charge in [0.25, 0.3) is 0 Å². The molecule has 2 aromatic carbocycles. The number of hydrogen-bond acceptors (Lipinski definition) is 8. The zero-order valence-electron chi connectivity index (χ0n) is 24.3. The van der Waals surface area contributed by atoms with Gasteiger partial charge in [-0.2, -0.15) is 4.31 Å². The average Bonchev–Trinajstić information content (AvgIpc) is 3.00. The Bertz CT molecular complexity index is 1300. The Kier molecular flexibility index (Phi) is 10.6. The maximum atomic E-state index is 13.0. The first-order chi connectivity index (χ1) is 20.0. The number of nitrogens with one attached hydrogen (secondary N) is 2. The number of sulfonamides is 1. The molecule has 2 unspecified atom stereocenters.